The highest BCUT2D eigenvalue weighted by Crippen LogP contribution is 2.32. The van der Waals surface area contributed by atoms with Gasteiger partial charge in [0.15, 0.2) is 0 Å². The third-order valence-electron chi connectivity index (χ3n) is 2.71. The van der Waals surface area contributed by atoms with Gasteiger partial charge in [0.1, 0.15) is 10.9 Å². The monoisotopic (exact) mass is 264 g/mol. The smallest absolute Gasteiger partial charge is 0.272 e. The van der Waals surface area contributed by atoms with Crippen LogP contribution in [0.2, 0.25) is 5.15 Å². The molecule has 1 N–H and O–H groups in total. The summed E-state index contributed by atoms with van der Waals surface area (Å²) in [6, 6.07) is 5.42. The fourth-order valence-corrected chi connectivity index (χ4v) is 2.15. The molecule has 0 radical (unpaired) electrons. The second-order valence-electron chi connectivity index (χ2n) is 4.09. The fourth-order valence-electron chi connectivity index (χ4n) is 2.00. The summed E-state index contributed by atoms with van der Waals surface area (Å²) in [5, 5.41) is 6.26. The van der Waals surface area contributed by atoms with E-state index >= 15 is 0 Å². The van der Waals surface area contributed by atoms with Crippen molar-refractivity contribution in [2.75, 3.05) is 7.11 Å². The Balaban J connectivity index is 2.78. The number of ether oxygens (including phenoxy) is 1. The average Bonchev–Trinajstić information content (AvgIpc) is 2.32. The molecule has 0 unspecified atom stereocenters. The number of halogens is 1. The summed E-state index contributed by atoms with van der Waals surface area (Å²) in [6.07, 6.45) is 0. The van der Waals surface area contributed by atoms with E-state index in [-0.39, 0.29) is 10.7 Å². The van der Waals surface area contributed by atoms with Crippen LogP contribution >= 0.6 is 11.6 Å². The predicted octanol–water partition coefficient (Wildman–Crippen LogP) is 2.72. The van der Waals surface area contributed by atoms with Crippen LogP contribution in [0.1, 0.15) is 11.1 Å². The Hall–Kier alpha value is -1.81. The Morgan fingerprint density at radius 2 is 2.00 bits per heavy atom. The first-order valence-corrected chi connectivity index (χ1v) is 5.81. The van der Waals surface area contributed by atoms with Gasteiger partial charge in [-0.1, -0.05) is 17.7 Å². The number of H-pyrrole nitrogens is 1. The second kappa shape index (κ2) is 4.82. The lowest BCUT2D eigenvalue weighted by atomic mass is 9.99. The van der Waals surface area contributed by atoms with Crippen LogP contribution in [-0.4, -0.2) is 17.3 Å². The molecular weight excluding hydrogens is 252 g/mol. The number of aryl methyl sites for hydroxylation is 2. The van der Waals surface area contributed by atoms with Crippen LogP contribution < -0.4 is 10.3 Å². The highest BCUT2D eigenvalue weighted by Gasteiger charge is 2.14. The van der Waals surface area contributed by atoms with Crippen LogP contribution in [0.15, 0.2) is 23.0 Å². The number of nitrogens with zero attached hydrogens (tertiary/aromatic N) is 1. The highest BCUT2D eigenvalue weighted by molar-refractivity contribution is 6.29. The van der Waals surface area contributed by atoms with Crippen LogP contribution in [0.3, 0.4) is 0 Å². The lowest BCUT2D eigenvalue weighted by Crippen LogP contribution is -2.11. The Morgan fingerprint density at radius 3 is 2.67 bits per heavy atom. The number of methoxy groups -OCH3 is 1. The summed E-state index contributed by atoms with van der Waals surface area (Å²) < 4.78 is 5.34. The molecule has 0 saturated heterocycles. The van der Waals surface area contributed by atoms with E-state index in [1.807, 2.05) is 26.0 Å². The molecule has 94 valence electrons. The highest BCUT2D eigenvalue weighted by atomic mass is 35.5. The molecular formula is C13H13ClN2O2. The molecule has 0 atom stereocenters. The van der Waals surface area contributed by atoms with E-state index in [0.717, 1.165) is 16.7 Å². The zero-order valence-corrected chi connectivity index (χ0v) is 11.1. The van der Waals surface area contributed by atoms with Crippen molar-refractivity contribution in [1.82, 2.24) is 10.2 Å². The standard InChI is InChI=1S/C13H13ClN2O2/c1-7-4-8(2)12(10(5-7)18-3)9-6-11(14)15-16-13(9)17/h4-6H,1-3H3,(H,16,17). The van der Waals surface area contributed by atoms with E-state index in [1.165, 1.54) is 0 Å². The molecule has 2 aromatic rings. The summed E-state index contributed by atoms with van der Waals surface area (Å²) in [4.78, 5) is 11.8. The molecule has 1 aromatic carbocycles. The molecule has 2 rings (SSSR count). The zero-order chi connectivity index (χ0) is 13.3. The van der Waals surface area contributed by atoms with Crippen molar-refractivity contribution in [2.45, 2.75) is 13.8 Å². The first-order chi connectivity index (χ1) is 8.52. The summed E-state index contributed by atoms with van der Waals surface area (Å²) in [5.74, 6) is 0.653. The molecule has 0 aliphatic rings. The third-order valence-corrected chi connectivity index (χ3v) is 2.90. The molecule has 18 heavy (non-hydrogen) atoms. The van der Waals surface area contributed by atoms with E-state index < -0.39 is 0 Å². The Morgan fingerprint density at radius 1 is 1.28 bits per heavy atom. The van der Waals surface area contributed by atoms with Crippen molar-refractivity contribution in [3.63, 3.8) is 0 Å². The van der Waals surface area contributed by atoms with Crippen LogP contribution in [-0.2, 0) is 0 Å². The topological polar surface area (TPSA) is 55.0 Å². The van der Waals surface area contributed by atoms with Gasteiger partial charge >= 0.3 is 0 Å². The largest absolute Gasteiger partial charge is 0.496 e. The molecule has 0 aliphatic heterocycles. The van der Waals surface area contributed by atoms with Gasteiger partial charge in [-0.05, 0) is 37.1 Å². The van der Waals surface area contributed by atoms with Crippen LogP contribution in [0.4, 0.5) is 0 Å². The first kappa shape index (κ1) is 12.6. The lowest BCUT2D eigenvalue weighted by molar-refractivity contribution is 0.416. The molecule has 1 heterocycles. The summed E-state index contributed by atoms with van der Waals surface area (Å²) >= 11 is 5.82. The van der Waals surface area contributed by atoms with Gasteiger partial charge in [-0.25, -0.2) is 5.10 Å². The first-order valence-electron chi connectivity index (χ1n) is 5.43. The fraction of sp³-hybridized carbons (Fsp3) is 0.231. The van der Waals surface area contributed by atoms with Gasteiger partial charge in [0.05, 0.1) is 12.7 Å². The number of aromatic amines is 1. The number of rotatable bonds is 2. The van der Waals surface area contributed by atoms with Crippen LogP contribution in [0, 0.1) is 13.8 Å². The number of benzene rings is 1. The average molecular weight is 265 g/mol. The lowest BCUT2D eigenvalue weighted by Gasteiger charge is -2.12. The van der Waals surface area contributed by atoms with Crippen molar-refractivity contribution in [2.24, 2.45) is 0 Å². The zero-order valence-electron chi connectivity index (χ0n) is 10.4. The van der Waals surface area contributed by atoms with Crippen molar-refractivity contribution >= 4 is 11.6 Å². The second-order valence-corrected chi connectivity index (χ2v) is 4.48. The molecule has 4 nitrogen and oxygen atoms in total. The summed E-state index contributed by atoms with van der Waals surface area (Å²) in [6.45, 7) is 3.90. The van der Waals surface area contributed by atoms with E-state index in [1.54, 1.807) is 13.2 Å². The van der Waals surface area contributed by atoms with E-state index in [0.29, 0.717) is 11.3 Å². The molecule has 1 aromatic heterocycles. The SMILES string of the molecule is COc1cc(C)cc(C)c1-c1cc(Cl)n[nH]c1=O. The van der Waals surface area contributed by atoms with Gasteiger partial charge < -0.3 is 4.74 Å². The molecule has 0 spiro atoms. The maximum atomic E-state index is 11.8. The number of hydrogen-bond donors (Lipinski definition) is 1. The maximum absolute atomic E-state index is 11.8. The van der Waals surface area contributed by atoms with E-state index in [4.69, 9.17) is 16.3 Å². The molecule has 5 heteroatoms. The van der Waals surface area contributed by atoms with Gasteiger partial charge in [0, 0.05) is 5.56 Å². The minimum absolute atomic E-state index is 0.242. The predicted molar refractivity (Wildman–Crippen MR) is 71.3 cm³/mol. The van der Waals surface area contributed by atoms with Gasteiger partial charge in [0.2, 0.25) is 0 Å². The Labute approximate surface area is 110 Å². The van der Waals surface area contributed by atoms with Crippen LogP contribution in [0.5, 0.6) is 5.75 Å². The quantitative estimate of drug-likeness (QED) is 0.907. The third kappa shape index (κ3) is 2.24. The van der Waals surface area contributed by atoms with Crippen molar-refractivity contribution in [3.8, 4) is 16.9 Å². The van der Waals surface area contributed by atoms with Crippen molar-refractivity contribution in [3.05, 3.63) is 44.8 Å². The van der Waals surface area contributed by atoms with Crippen molar-refractivity contribution in [1.29, 1.82) is 0 Å². The minimum atomic E-state index is -0.287. The van der Waals surface area contributed by atoms with Gasteiger partial charge in [-0.3, -0.25) is 4.79 Å². The molecule has 0 amide bonds. The molecule has 0 fully saturated rings. The number of nitrogens with one attached hydrogen (secondary N) is 1. The van der Waals surface area contributed by atoms with Gasteiger partial charge in [-0.15, -0.1) is 0 Å². The number of hydrogen-bond acceptors (Lipinski definition) is 3. The normalized spacial score (nSPS) is 10.4. The van der Waals surface area contributed by atoms with Crippen LogP contribution in [0.25, 0.3) is 11.1 Å². The molecule has 0 saturated carbocycles. The maximum Gasteiger partial charge on any atom is 0.272 e. The summed E-state index contributed by atoms with van der Waals surface area (Å²) in [7, 11) is 1.58. The molecule has 0 bridgehead atoms. The number of aromatic nitrogens is 2. The van der Waals surface area contributed by atoms with E-state index in [2.05, 4.69) is 10.2 Å². The van der Waals surface area contributed by atoms with Gasteiger partial charge in [0.25, 0.3) is 5.56 Å². The molecule has 0 aliphatic carbocycles. The minimum Gasteiger partial charge on any atom is -0.496 e. The summed E-state index contributed by atoms with van der Waals surface area (Å²) in [5.41, 5.74) is 2.95. The Bertz CT molecular complexity index is 650. The van der Waals surface area contributed by atoms with E-state index in [9.17, 15) is 4.79 Å². The Kier molecular flexibility index (Phi) is 3.39. The van der Waals surface area contributed by atoms with Crippen molar-refractivity contribution < 1.29 is 4.74 Å². The van der Waals surface area contributed by atoms with Gasteiger partial charge in [-0.2, -0.15) is 5.10 Å².